The van der Waals surface area contributed by atoms with E-state index in [1.54, 1.807) is 0 Å². The van der Waals surface area contributed by atoms with Crippen molar-refractivity contribution in [2.24, 2.45) is 0 Å². The molecule has 0 radical (unpaired) electrons. The lowest BCUT2D eigenvalue weighted by Crippen LogP contribution is -3.10. The van der Waals surface area contributed by atoms with Crippen LogP contribution < -0.4 is 15.1 Å². The minimum Gasteiger partial charge on any atom is -0.378 e. The number of benzene rings is 2. The van der Waals surface area contributed by atoms with Gasteiger partial charge in [0.15, 0.2) is 6.54 Å². The number of anilines is 2. The summed E-state index contributed by atoms with van der Waals surface area (Å²) in [7, 11) is 2.07. The van der Waals surface area contributed by atoms with E-state index in [-0.39, 0.29) is 5.91 Å². The predicted octanol–water partition coefficient (Wildman–Crippen LogP) is 2.08. The third-order valence-corrected chi connectivity index (χ3v) is 5.82. The molecule has 6 heteroatoms. The van der Waals surface area contributed by atoms with E-state index in [1.165, 1.54) is 21.0 Å². The van der Waals surface area contributed by atoms with Crippen molar-refractivity contribution in [1.82, 2.24) is 0 Å². The zero-order valence-corrected chi connectivity index (χ0v) is 17.6. The highest BCUT2D eigenvalue weighted by Gasteiger charge is 2.13. The summed E-state index contributed by atoms with van der Waals surface area (Å²) in [6.07, 6.45) is 0. The van der Waals surface area contributed by atoms with Crippen LogP contribution in [0.5, 0.6) is 0 Å². The van der Waals surface area contributed by atoms with E-state index >= 15 is 0 Å². The maximum atomic E-state index is 12.3. The second-order valence-corrected chi connectivity index (χ2v) is 8.41. The number of carbonyl (C=O) groups excluding carboxylic acids is 1. The summed E-state index contributed by atoms with van der Waals surface area (Å²) in [5, 5.41) is 3.01. The first-order chi connectivity index (χ1) is 13.6. The molecule has 1 aliphatic rings. The van der Waals surface area contributed by atoms with Crippen LogP contribution in [-0.4, -0.2) is 58.1 Å². The van der Waals surface area contributed by atoms with Crippen LogP contribution in [0.3, 0.4) is 0 Å². The molecule has 28 heavy (non-hydrogen) atoms. The second-order valence-electron chi connectivity index (χ2n) is 7.24. The van der Waals surface area contributed by atoms with Gasteiger partial charge in [0.25, 0.3) is 5.91 Å². The van der Waals surface area contributed by atoms with Gasteiger partial charge in [-0.15, -0.1) is 11.8 Å². The zero-order valence-electron chi connectivity index (χ0n) is 16.7. The van der Waals surface area contributed by atoms with E-state index < -0.39 is 0 Å². The van der Waals surface area contributed by atoms with Crippen LogP contribution >= 0.6 is 11.8 Å². The van der Waals surface area contributed by atoms with Gasteiger partial charge in [0, 0.05) is 35.1 Å². The number of likely N-dealkylation sites (N-methyl/N-ethyl adjacent to an activating group) is 1. The molecule has 1 amide bonds. The second kappa shape index (κ2) is 10.5. The normalized spacial score (nSPS) is 15.3. The molecule has 2 N–H and O–H groups in total. The number of hydrogen-bond donors (Lipinski definition) is 2. The lowest BCUT2D eigenvalue weighted by atomic mass is 10.2. The summed E-state index contributed by atoms with van der Waals surface area (Å²) in [6, 6.07) is 16.7. The van der Waals surface area contributed by atoms with Gasteiger partial charge in [-0.1, -0.05) is 17.7 Å². The molecule has 0 spiro atoms. The van der Waals surface area contributed by atoms with Crippen molar-refractivity contribution in [3.05, 3.63) is 54.1 Å². The molecule has 0 aliphatic carbocycles. The van der Waals surface area contributed by atoms with Gasteiger partial charge in [-0.2, -0.15) is 0 Å². The van der Waals surface area contributed by atoms with E-state index in [9.17, 15) is 4.79 Å². The first-order valence-corrected chi connectivity index (χ1v) is 10.8. The van der Waals surface area contributed by atoms with E-state index in [1.807, 2.05) is 23.9 Å². The highest BCUT2D eigenvalue weighted by atomic mass is 32.2. The first-order valence-electron chi connectivity index (χ1n) is 9.83. The van der Waals surface area contributed by atoms with Gasteiger partial charge in [-0.25, -0.2) is 0 Å². The SMILES string of the molecule is Cc1ccc(SCC[NH+](C)CC(=O)Nc2ccc(N3CCOCC3)cc2)cc1. The number of amides is 1. The first kappa shape index (κ1) is 20.7. The molecule has 3 rings (SSSR count). The Hall–Kier alpha value is -2.02. The minimum atomic E-state index is 0.0527. The largest absolute Gasteiger partial charge is 0.378 e. The average Bonchev–Trinajstić information content (AvgIpc) is 2.70. The number of nitrogens with zero attached hydrogens (tertiary/aromatic N) is 1. The van der Waals surface area contributed by atoms with Crippen LogP contribution in [0.15, 0.2) is 53.4 Å². The molecule has 1 atom stereocenters. The van der Waals surface area contributed by atoms with Crippen molar-refractivity contribution in [2.75, 3.05) is 62.4 Å². The Balaban J connectivity index is 1.38. The lowest BCUT2D eigenvalue weighted by Gasteiger charge is -2.28. The number of hydrogen-bond acceptors (Lipinski definition) is 4. The highest BCUT2D eigenvalue weighted by molar-refractivity contribution is 7.99. The van der Waals surface area contributed by atoms with Crippen molar-refractivity contribution in [3.63, 3.8) is 0 Å². The Morgan fingerprint density at radius 3 is 2.46 bits per heavy atom. The number of quaternary nitrogens is 1. The molecule has 1 unspecified atom stereocenters. The fourth-order valence-corrected chi connectivity index (χ4v) is 4.14. The third-order valence-electron chi connectivity index (χ3n) is 4.81. The monoisotopic (exact) mass is 400 g/mol. The van der Waals surface area contributed by atoms with Gasteiger partial charge < -0.3 is 19.9 Å². The zero-order chi connectivity index (χ0) is 19.8. The number of ether oxygens (including phenoxy) is 1. The molecule has 1 saturated heterocycles. The van der Waals surface area contributed by atoms with Gasteiger partial charge in [0.1, 0.15) is 0 Å². The number of nitrogens with one attached hydrogen (secondary N) is 2. The number of rotatable bonds is 8. The maximum Gasteiger partial charge on any atom is 0.279 e. The van der Waals surface area contributed by atoms with Gasteiger partial charge in [-0.05, 0) is 43.3 Å². The molecule has 1 aliphatic heterocycles. The average molecular weight is 401 g/mol. The summed E-state index contributed by atoms with van der Waals surface area (Å²) in [5.41, 5.74) is 3.31. The Labute approximate surface area is 172 Å². The summed E-state index contributed by atoms with van der Waals surface area (Å²) in [5.74, 6) is 1.05. The Morgan fingerprint density at radius 1 is 1.11 bits per heavy atom. The van der Waals surface area contributed by atoms with Crippen molar-refractivity contribution in [2.45, 2.75) is 11.8 Å². The van der Waals surface area contributed by atoms with Gasteiger partial charge in [-0.3, -0.25) is 4.79 Å². The molecule has 150 valence electrons. The smallest absolute Gasteiger partial charge is 0.279 e. The Morgan fingerprint density at radius 2 is 1.79 bits per heavy atom. The van der Waals surface area contributed by atoms with Gasteiger partial charge in [0.05, 0.1) is 26.8 Å². The van der Waals surface area contributed by atoms with Crippen LogP contribution in [-0.2, 0) is 9.53 Å². The van der Waals surface area contributed by atoms with Crippen LogP contribution in [0, 0.1) is 6.92 Å². The quantitative estimate of drug-likeness (QED) is 0.666. The van der Waals surface area contributed by atoms with Crippen LogP contribution in [0.1, 0.15) is 5.56 Å². The number of morpholine rings is 1. The summed E-state index contributed by atoms with van der Waals surface area (Å²) in [4.78, 5) is 17.1. The summed E-state index contributed by atoms with van der Waals surface area (Å²) >= 11 is 1.84. The topological polar surface area (TPSA) is 46.0 Å². The summed E-state index contributed by atoms with van der Waals surface area (Å²) < 4.78 is 5.39. The Kier molecular flexibility index (Phi) is 7.77. The lowest BCUT2D eigenvalue weighted by molar-refractivity contribution is -0.868. The van der Waals surface area contributed by atoms with E-state index in [4.69, 9.17) is 4.74 Å². The number of thioether (sulfide) groups is 1. The number of carbonyl (C=O) groups is 1. The molecule has 5 nitrogen and oxygen atoms in total. The van der Waals surface area contributed by atoms with Crippen molar-refractivity contribution < 1.29 is 14.4 Å². The summed E-state index contributed by atoms with van der Waals surface area (Å²) in [6.45, 7) is 6.90. The molecular weight excluding hydrogens is 370 g/mol. The minimum absolute atomic E-state index is 0.0527. The third kappa shape index (κ3) is 6.55. The highest BCUT2D eigenvalue weighted by Crippen LogP contribution is 2.19. The fourth-order valence-electron chi connectivity index (χ4n) is 3.12. The maximum absolute atomic E-state index is 12.3. The van der Waals surface area contributed by atoms with E-state index in [0.29, 0.717) is 6.54 Å². The molecule has 0 bridgehead atoms. The van der Waals surface area contributed by atoms with Crippen LogP contribution in [0.25, 0.3) is 0 Å². The van der Waals surface area contributed by atoms with E-state index in [2.05, 4.69) is 60.6 Å². The molecular formula is C22H30N3O2S+. The van der Waals surface area contributed by atoms with Crippen LogP contribution in [0.4, 0.5) is 11.4 Å². The number of aryl methyl sites for hydroxylation is 1. The standard InChI is InChI=1S/C22H29N3O2S/c1-18-3-9-21(10-4-18)28-16-13-24(2)17-22(26)23-19-5-7-20(8-6-19)25-11-14-27-15-12-25/h3-10H,11-17H2,1-2H3,(H,23,26)/p+1. The van der Waals surface area contributed by atoms with Crippen molar-refractivity contribution >= 4 is 29.0 Å². The molecule has 1 fully saturated rings. The molecule has 2 aromatic carbocycles. The fraction of sp³-hybridized carbons (Fsp3) is 0.409. The van der Waals surface area contributed by atoms with E-state index in [0.717, 1.165) is 44.3 Å². The van der Waals surface area contributed by atoms with Crippen molar-refractivity contribution in [3.8, 4) is 0 Å². The molecule has 0 saturated carbocycles. The van der Waals surface area contributed by atoms with Gasteiger partial charge in [0.2, 0.25) is 0 Å². The molecule has 2 aromatic rings. The van der Waals surface area contributed by atoms with Gasteiger partial charge >= 0.3 is 0 Å². The molecule has 0 aromatic heterocycles. The van der Waals surface area contributed by atoms with Crippen LogP contribution in [0.2, 0.25) is 0 Å². The predicted molar refractivity (Wildman–Crippen MR) is 117 cm³/mol. The molecule has 1 heterocycles. The van der Waals surface area contributed by atoms with Crippen molar-refractivity contribution in [1.29, 1.82) is 0 Å². The Bertz CT molecular complexity index is 743.